The van der Waals surface area contributed by atoms with Gasteiger partial charge in [0, 0.05) is 82.3 Å². The Labute approximate surface area is 406 Å². The molecule has 1 saturated carbocycles. The topological polar surface area (TPSA) is 192 Å². The monoisotopic (exact) mass is 975 g/mol. The molecule has 3 aliphatic heterocycles. The summed E-state index contributed by atoms with van der Waals surface area (Å²) in [5.74, 6) is -1.01. The summed E-state index contributed by atoms with van der Waals surface area (Å²) in [7, 11) is 3.80. The zero-order valence-corrected chi connectivity index (χ0v) is 40.3. The Balaban J connectivity index is 0.767. The first kappa shape index (κ1) is 50.6. The molecule has 8 rings (SSSR count). The molecule has 3 saturated heterocycles. The number of amides is 4. The van der Waals surface area contributed by atoms with Crippen LogP contribution in [0.4, 0.5) is 19.0 Å². The van der Waals surface area contributed by atoms with Crippen molar-refractivity contribution >= 4 is 40.3 Å². The molecule has 4 fully saturated rings. The van der Waals surface area contributed by atoms with Crippen LogP contribution in [0, 0.1) is 5.92 Å². The quantitative estimate of drug-likeness (QED) is 0.113. The molecule has 4 amide bonds. The number of hydrogen-bond donors (Lipinski definition) is 3. The van der Waals surface area contributed by atoms with E-state index in [1.54, 1.807) is 36.6 Å². The Morgan fingerprint density at radius 3 is 2.49 bits per heavy atom. The molecule has 0 unspecified atom stereocenters. The number of fused-ring (bicyclic) bond motifs is 1. The first-order valence-corrected chi connectivity index (χ1v) is 24.4. The fourth-order valence-corrected chi connectivity index (χ4v) is 10.4. The molecule has 18 nitrogen and oxygen atoms in total. The van der Waals surface area contributed by atoms with E-state index >= 15 is 0 Å². The summed E-state index contributed by atoms with van der Waals surface area (Å²) in [5, 5.41) is 14.1. The van der Waals surface area contributed by atoms with Gasteiger partial charge in [0.25, 0.3) is 5.91 Å². The number of pyridine rings is 1. The van der Waals surface area contributed by atoms with Gasteiger partial charge in [0.15, 0.2) is 0 Å². The highest BCUT2D eigenvalue weighted by Gasteiger charge is 2.45. The zero-order chi connectivity index (χ0) is 49.5. The Morgan fingerprint density at radius 1 is 0.957 bits per heavy atom. The van der Waals surface area contributed by atoms with Crippen molar-refractivity contribution in [2.45, 2.75) is 107 Å². The summed E-state index contributed by atoms with van der Waals surface area (Å²) in [5.41, 5.74) is 0.796. The molecule has 4 aliphatic rings. The van der Waals surface area contributed by atoms with Crippen LogP contribution in [0.3, 0.4) is 0 Å². The third kappa shape index (κ3) is 11.9. The number of nitrogens with one attached hydrogen (secondary N) is 3. The molecule has 0 spiro atoms. The average molecular weight is 975 g/mol. The van der Waals surface area contributed by atoms with Gasteiger partial charge in [-0.15, -0.1) is 0 Å². The number of rotatable bonds is 19. The van der Waals surface area contributed by atoms with Gasteiger partial charge in [0.1, 0.15) is 18.2 Å². The molecule has 21 heteroatoms. The Morgan fingerprint density at radius 2 is 1.74 bits per heavy atom. The van der Waals surface area contributed by atoms with E-state index in [0.717, 1.165) is 56.6 Å². The van der Waals surface area contributed by atoms with Gasteiger partial charge in [-0.3, -0.25) is 28.8 Å². The van der Waals surface area contributed by atoms with E-state index < -0.39 is 23.7 Å². The second-order valence-corrected chi connectivity index (χ2v) is 19.2. The smallest absolute Gasteiger partial charge is 0.378 e. The normalized spacial score (nSPS) is 23.8. The number of nitrogens with zero attached hydrogens (tertiary/aromatic N) is 9. The lowest BCUT2D eigenvalue weighted by Crippen LogP contribution is -2.58. The standard InChI is InChI=1S/C49H65F3N12O6/c1-31(2)60(3)36-8-10-42(63-18-13-40(48(63)68)58-45-37-24-34(49(50,51)52)7-9-39(37)55-30-56-45)41(25-36)59-46(66)33-28-57-64(29-33)35-11-16-62(17-12-35)19-21-70-23-22-69-20-15-54-47(67)38-26-43(65)61(4)44(38)32-6-5-14-53-27-32/h5-7,9,14,24,27-31,35-36,38,40-42,44H,8,10-13,15-23,25-26H2,1-4H3,(H,54,67)(H,59,66)(H,55,56,58)/t36-,38+,40+,41-,42+,44-/m1/s1. The number of likely N-dealkylation sites (tertiary alicyclic amines) is 3. The number of carbonyl (C=O) groups is 4. The zero-order valence-electron chi connectivity index (χ0n) is 40.3. The molecule has 6 atom stereocenters. The summed E-state index contributed by atoms with van der Waals surface area (Å²) in [6, 6.07) is 5.90. The van der Waals surface area contributed by atoms with Crippen LogP contribution in [-0.2, 0) is 30.0 Å². The molecule has 0 bridgehead atoms. The van der Waals surface area contributed by atoms with Crippen LogP contribution in [0.1, 0.15) is 92.4 Å². The van der Waals surface area contributed by atoms with E-state index in [2.05, 4.69) is 66.7 Å². The van der Waals surface area contributed by atoms with Crippen molar-refractivity contribution in [3.8, 4) is 0 Å². The van der Waals surface area contributed by atoms with E-state index in [4.69, 9.17) is 9.47 Å². The first-order chi connectivity index (χ1) is 33.7. The summed E-state index contributed by atoms with van der Waals surface area (Å²) in [6.07, 6.45) is 7.95. The number of alkyl halides is 3. The third-order valence-corrected chi connectivity index (χ3v) is 14.6. The van der Waals surface area contributed by atoms with Crippen LogP contribution >= 0.6 is 0 Å². The highest BCUT2D eigenvalue weighted by Crippen LogP contribution is 2.37. The largest absolute Gasteiger partial charge is 0.416 e. The number of aromatic nitrogens is 5. The minimum Gasteiger partial charge on any atom is -0.378 e. The fourth-order valence-electron chi connectivity index (χ4n) is 10.4. The lowest BCUT2D eigenvalue weighted by Gasteiger charge is -2.44. The van der Waals surface area contributed by atoms with Gasteiger partial charge < -0.3 is 45.0 Å². The number of piperidine rings is 1. The highest BCUT2D eigenvalue weighted by molar-refractivity contribution is 5.95. The van der Waals surface area contributed by atoms with Crippen molar-refractivity contribution in [1.82, 2.24) is 55.0 Å². The van der Waals surface area contributed by atoms with Crippen LogP contribution in [0.15, 0.2) is 61.4 Å². The second kappa shape index (κ2) is 22.5. The summed E-state index contributed by atoms with van der Waals surface area (Å²) < 4.78 is 54.2. The predicted molar refractivity (Wildman–Crippen MR) is 253 cm³/mol. The van der Waals surface area contributed by atoms with Gasteiger partial charge in [0.05, 0.1) is 79.4 Å². The maximum Gasteiger partial charge on any atom is 0.416 e. The van der Waals surface area contributed by atoms with Crippen molar-refractivity contribution in [1.29, 1.82) is 0 Å². The Kier molecular flexibility index (Phi) is 16.3. The molecule has 1 aromatic carbocycles. The number of benzene rings is 1. The minimum absolute atomic E-state index is 0.0716. The number of hydrogen-bond acceptors (Lipinski definition) is 13. The van der Waals surface area contributed by atoms with Crippen LogP contribution in [-0.4, -0.2) is 171 Å². The lowest BCUT2D eigenvalue weighted by molar-refractivity contribution is -0.137. The van der Waals surface area contributed by atoms with Crippen LogP contribution in [0.2, 0.25) is 0 Å². The molecule has 3 aromatic heterocycles. The van der Waals surface area contributed by atoms with E-state index in [0.29, 0.717) is 69.9 Å². The van der Waals surface area contributed by atoms with Gasteiger partial charge in [-0.05, 0) is 89.2 Å². The number of ether oxygens (including phenoxy) is 2. The molecular weight excluding hydrogens is 910 g/mol. The fraction of sp³-hybridized carbons (Fsp3) is 0.592. The molecule has 378 valence electrons. The predicted octanol–water partition coefficient (Wildman–Crippen LogP) is 4.32. The summed E-state index contributed by atoms with van der Waals surface area (Å²) >= 11 is 0. The second-order valence-electron chi connectivity index (χ2n) is 19.2. The lowest BCUT2D eigenvalue weighted by atomic mass is 9.84. The van der Waals surface area contributed by atoms with Gasteiger partial charge in [-0.1, -0.05) is 6.07 Å². The third-order valence-electron chi connectivity index (χ3n) is 14.6. The van der Waals surface area contributed by atoms with Crippen molar-refractivity contribution < 1.29 is 41.8 Å². The van der Waals surface area contributed by atoms with E-state index in [1.807, 2.05) is 21.8 Å². The van der Waals surface area contributed by atoms with Gasteiger partial charge in [0.2, 0.25) is 17.7 Å². The highest BCUT2D eigenvalue weighted by atomic mass is 19.4. The molecular formula is C49H65F3N12O6. The molecule has 4 aromatic rings. The molecule has 0 radical (unpaired) electrons. The van der Waals surface area contributed by atoms with Gasteiger partial charge >= 0.3 is 6.18 Å². The van der Waals surface area contributed by atoms with Crippen molar-refractivity contribution in [2.24, 2.45) is 5.92 Å². The van der Waals surface area contributed by atoms with E-state index in [1.165, 1.54) is 12.4 Å². The number of anilines is 1. The molecule has 3 N–H and O–H groups in total. The van der Waals surface area contributed by atoms with Crippen molar-refractivity contribution in [2.75, 3.05) is 78.6 Å². The van der Waals surface area contributed by atoms with Crippen LogP contribution in [0.25, 0.3) is 10.9 Å². The van der Waals surface area contributed by atoms with Crippen molar-refractivity contribution in [3.05, 3.63) is 78.1 Å². The number of halogens is 3. The van der Waals surface area contributed by atoms with Crippen LogP contribution < -0.4 is 16.0 Å². The SMILES string of the molecule is CC(C)N(C)[C@@H]1CC[C@H](N2CC[C@H](Nc3ncnc4ccc(C(F)(F)F)cc34)C2=O)[C@H](NC(=O)c2cnn(C3CCN(CCOCCOCCNC(=O)[C@H]4CC(=O)N(C)[C@@H]4c4cccnc4)CC3)c2)C1. The van der Waals surface area contributed by atoms with Gasteiger partial charge in [-0.2, -0.15) is 18.3 Å². The summed E-state index contributed by atoms with van der Waals surface area (Å²) in [6.45, 7) is 9.20. The molecule has 1 aliphatic carbocycles. The Bertz CT molecular complexity index is 2440. The van der Waals surface area contributed by atoms with Gasteiger partial charge in [-0.25, -0.2) is 9.97 Å². The average Bonchev–Trinajstić information content (AvgIpc) is 4.07. The van der Waals surface area contributed by atoms with Crippen molar-refractivity contribution in [3.63, 3.8) is 0 Å². The Hall–Kier alpha value is -5.77. The van der Waals surface area contributed by atoms with E-state index in [9.17, 15) is 32.3 Å². The minimum atomic E-state index is -4.55. The maximum absolute atomic E-state index is 14.1. The summed E-state index contributed by atoms with van der Waals surface area (Å²) in [4.78, 5) is 74.1. The number of carbonyl (C=O) groups excluding carboxylic acids is 4. The first-order valence-electron chi connectivity index (χ1n) is 24.4. The van der Waals surface area contributed by atoms with Crippen LogP contribution in [0.5, 0.6) is 0 Å². The molecule has 70 heavy (non-hydrogen) atoms. The van der Waals surface area contributed by atoms with E-state index in [-0.39, 0.29) is 77.5 Å². The molecule has 6 heterocycles. The maximum atomic E-state index is 14.1.